The molecular weight excluding hydrogens is 322 g/mol. The van der Waals surface area contributed by atoms with E-state index >= 15 is 0 Å². The molecule has 0 radical (unpaired) electrons. The molecule has 4 rings (SSSR count). The van der Waals surface area contributed by atoms with E-state index in [0.717, 1.165) is 69.2 Å². The van der Waals surface area contributed by atoms with E-state index in [-0.39, 0.29) is 6.10 Å². The van der Waals surface area contributed by atoms with Gasteiger partial charge < -0.3 is 19.5 Å². The minimum atomic E-state index is -0.543. The standard InChI is InChI=1S/C17H23N5O3/c18-25-17(23)12-1-2-14-15(9-12)22(10-13-3-8-24-13)16(20-14)11-21-6-4-19-5-7-21/h1-2,9,13,19H,3-8,10-11,18H2. The lowest BCUT2D eigenvalue weighted by Gasteiger charge is -2.29. The summed E-state index contributed by atoms with van der Waals surface area (Å²) in [5.41, 5.74) is 2.22. The molecule has 25 heavy (non-hydrogen) atoms. The van der Waals surface area contributed by atoms with Gasteiger partial charge in [-0.3, -0.25) is 4.90 Å². The average molecular weight is 345 g/mol. The van der Waals surface area contributed by atoms with Crippen LogP contribution in [0.3, 0.4) is 0 Å². The monoisotopic (exact) mass is 345 g/mol. The first-order chi connectivity index (χ1) is 12.2. The van der Waals surface area contributed by atoms with Gasteiger partial charge in [-0.05, 0) is 24.6 Å². The first-order valence-corrected chi connectivity index (χ1v) is 8.69. The van der Waals surface area contributed by atoms with E-state index < -0.39 is 5.97 Å². The molecule has 1 unspecified atom stereocenters. The van der Waals surface area contributed by atoms with Gasteiger partial charge in [0.05, 0.1) is 35.8 Å². The van der Waals surface area contributed by atoms with Gasteiger partial charge in [0.25, 0.3) is 0 Å². The van der Waals surface area contributed by atoms with Crippen molar-refractivity contribution in [2.75, 3.05) is 32.8 Å². The Balaban J connectivity index is 1.69. The number of carbonyl (C=O) groups excluding carboxylic acids is 1. The number of rotatable bonds is 5. The molecule has 0 aliphatic carbocycles. The summed E-state index contributed by atoms with van der Waals surface area (Å²) in [5.74, 6) is 5.48. The van der Waals surface area contributed by atoms with Crippen molar-refractivity contribution in [3.8, 4) is 0 Å². The zero-order chi connectivity index (χ0) is 17.2. The number of hydrogen-bond donors (Lipinski definition) is 2. The van der Waals surface area contributed by atoms with Gasteiger partial charge in [-0.25, -0.2) is 9.78 Å². The molecule has 2 aromatic rings. The minimum absolute atomic E-state index is 0.212. The van der Waals surface area contributed by atoms with Gasteiger partial charge in [0.1, 0.15) is 5.82 Å². The molecule has 3 heterocycles. The second kappa shape index (κ2) is 7.09. The van der Waals surface area contributed by atoms with E-state index in [1.165, 1.54) is 0 Å². The maximum atomic E-state index is 11.8. The largest absolute Gasteiger partial charge is 0.376 e. The summed E-state index contributed by atoms with van der Waals surface area (Å²) in [7, 11) is 0. The van der Waals surface area contributed by atoms with E-state index in [2.05, 4.69) is 19.6 Å². The maximum Gasteiger partial charge on any atom is 0.356 e. The third-order valence-electron chi connectivity index (χ3n) is 4.92. The zero-order valence-electron chi connectivity index (χ0n) is 14.1. The Labute approximate surface area is 145 Å². The number of ether oxygens (including phenoxy) is 1. The SMILES string of the molecule is NOC(=O)c1ccc2nc(CN3CCNCC3)n(CC3CCO3)c2c1. The molecular formula is C17H23N5O3. The molecule has 0 amide bonds. The highest BCUT2D eigenvalue weighted by Crippen LogP contribution is 2.23. The fourth-order valence-corrected chi connectivity index (χ4v) is 3.39. The summed E-state index contributed by atoms with van der Waals surface area (Å²) < 4.78 is 7.79. The molecule has 8 heteroatoms. The second-order valence-electron chi connectivity index (χ2n) is 6.56. The number of benzene rings is 1. The molecule has 1 atom stereocenters. The van der Waals surface area contributed by atoms with Crippen LogP contribution in [0.2, 0.25) is 0 Å². The predicted octanol–water partition coefficient (Wildman–Crippen LogP) is 0.261. The lowest BCUT2D eigenvalue weighted by atomic mass is 10.1. The summed E-state index contributed by atoms with van der Waals surface area (Å²) in [6.45, 7) is 6.37. The summed E-state index contributed by atoms with van der Waals surface area (Å²) in [4.78, 5) is 23.3. The Morgan fingerprint density at radius 2 is 2.20 bits per heavy atom. The topological polar surface area (TPSA) is 94.6 Å². The molecule has 2 aliphatic rings. The van der Waals surface area contributed by atoms with Crippen LogP contribution in [-0.2, 0) is 22.7 Å². The molecule has 134 valence electrons. The van der Waals surface area contributed by atoms with Gasteiger partial charge in [0, 0.05) is 32.8 Å². The Morgan fingerprint density at radius 1 is 1.40 bits per heavy atom. The number of hydrogen-bond acceptors (Lipinski definition) is 7. The van der Waals surface area contributed by atoms with Crippen molar-refractivity contribution >= 4 is 17.0 Å². The third kappa shape index (κ3) is 3.38. The molecule has 1 aromatic carbocycles. The Kier molecular flexibility index (Phi) is 4.67. The van der Waals surface area contributed by atoms with Crippen LogP contribution in [0.4, 0.5) is 0 Å². The molecule has 2 saturated heterocycles. The molecule has 0 saturated carbocycles. The van der Waals surface area contributed by atoms with Crippen LogP contribution in [0.5, 0.6) is 0 Å². The first-order valence-electron chi connectivity index (χ1n) is 8.69. The zero-order valence-corrected chi connectivity index (χ0v) is 14.1. The number of aromatic nitrogens is 2. The number of nitrogens with one attached hydrogen (secondary N) is 1. The van der Waals surface area contributed by atoms with E-state index in [9.17, 15) is 4.79 Å². The molecule has 1 aromatic heterocycles. The number of nitrogens with two attached hydrogens (primary N) is 1. The van der Waals surface area contributed by atoms with Crippen molar-refractivity contribution in [1.82, 2.24) is 19.8 Å². The number of carbonyl (C=O) groups is 1. The molecule has 3 N–H and O–H groups in total. The second-order valence-corrected chi connectivity index (χ2v) is 6.56. The van der Waals surface area contributed by atoms with Gasteiger partial charge in [0.15, 0.2) is 0 Å². The van der Waals surface area contributed by atoms with Crippen LogP contribution in [0.1, 0.15) is 22.6 Å². The van der Waals surface area contributed by atoms with E-state index in [1.54, 1.807) is 12.1 Å². The Morgan fingerprint density at radius 3 is 2.88 bits per heavy atom. The Bertz CT molecular complexity index is 765. The van der Waals surface area contributed by atoms with E-state index in [4.69, 9.17) is 15.6 Å². The number of fused-ring (bicyclic) bond motifs is 1. The predicted molar refractivity (Wildman–Crippen MR) is 91.8 cm³/mol. The Hall–Kier alpha value is -2.00. The van der Waals surface area contributed by atoms with Gasteiger partial charge in [0.2, 0.25) is 0 Å². The highest BCUT2D eigenvalue weighted by molar-refractivity contribution is 5.93. The van der Waals surface area contributed by atoms with Crippen molar-refractivity contribution in [1.29, 1.82) is 0 Å². The highest BCUT2D eigenvalue weighted by Gasteiger charge is 2.23. The van der Waals surface area contributed by atoms with Crippen LogP contribution < -0.4 is 11.2 Å². The van der Waals surface area contributed by atoms with Crippen molar-refractivity contribution in [3.05, 3.63) is 29.6 Å². The van der Waals surface area contributed by atoms with Gasteiger partial charge in [-0.2, -0.15) is 5.90 Å². The normalized spacial score (nSPS) is 21.2. The first kappa shape index (κ1) is 16.5. The smallest absolute Gasteiger partial charge is 0.356 e. The van der Waals surface area contributed by atoms with Crippen molar-refractivity contribution < 1.29 is 14.4 Å². The fourth-order valence-electron chi connectivity index (χ4n) is 3.39. The third-order valence-corrected chi connectivity index (χ3v) is 4.92. The molecule has 2 fully saturated rings. The van der Waals surface area contributed by atoms with Crippen LogP contribution in [0.15, 0.2) is 18.2 Å². The van der Waals surface area contributed by atoms with Gasteiger partial charge in [-0.15, -0.1) is 0 Å². The number of imidazole rings is 1. The summed E-state index contributed by atoms with van der Waals surface area (Å²) in [6.07, 6.45) is 1.27. The van der Waals surface area contributed by atoms with Gasteiger partial charge >= 0.3 is 5.97 Å². The van der Waals surface area contributed by atoms with Crippen LogP contribution in [0, 0.1) is 0 Å². The lowest BCUT2D eigenvalue weighted by Crippen LogP contribution is -2.43. The van der Waals surface area contributed by atoms with Crippen molar-refractivity contribution in [2.45, 2.75) is 25.6 Å². The number of nitrogens with zero attached hydrogens (tertiary/aromatic N) is 3. The summed E-state index contributed by atoms with van der Waals surface area (Å²) in [6, 6.07) is 5.35. The molecule has 0 spiro atoms. The van der Waals surface area contributed by atoms with Crippen LogP contribution in [-0.4, -0.2) is 59.3 Å². The maximum absolute atomic E-state index is 11.8. The van der Waals surface area contributed by atoms with Gasteiger partial charge in [-0.1, -0.05) is 0 Å². The van der Waals surface area contributed by atoms with Crippen LogP contribution >= 0.6 is 0 Å². The number of piperazine rings is 1. The average Bonchev–Trinajstić information content (AvgIpc) is 2.94. The molecule has 8 nitrogen and oxygen atoms in total. The van der Waals surface area contributed by atoms with Crippen LogP contribution in [0.25, 0.3) is 11.0 Å². The highest BCUT2D eigenvalue weighted by atomic mass is 16.7. The van der Waals surface area contributed by atoms with Crippen molar-refractivity contribution in [2.24, 2.45) is 5.90 Å². The molecule has 2 aliphatic heterocycles. The summed E-state index contributed by atoms with van der Waals surface area (Å²) >= 11 is 0. The van der Waals surface area contributed by atoms with E-state index in [0.29, 0.717) is 5.56 Å². The minimum Gasteiger partial charge on any atom is -0.376 e. The summed E-state index contributed by atoms with van der Waals surface area (Å²) in [5, 5.41) is 3.37. The molecule has 0 bridgehead atoms. The van der Waals surface area contributed by atoms with E-state index in [1.807, 2.05) is 6.07 Å². The quantitative estimate of drug-likeness (QED) is 0.751. The van der Waals surface area contributed by atoms with Crippen molar-refractivity contribution in [3.63, 3.8) is 0 Å². The fraction of sp³-hybridized carbons (Fsp3) is 0.529. The lowest BCUT2D eigenvalue weighted by molar-refractivity contribution is -0.0592.